The van der Waals surface area contributed by atoms with Crippen molar-refractivity contribution >= 4 is 28.5 Å². The lowest BCUT2D eigenvalue weighted by Gasteiger charge is -2.42. The van der Waals surface area contributed by atoms with E-state index < -0.39 is 6.04 Å². The highest BCUT2D eigenvalue weighted by atomic mass is 35.5. The van der Waals surface area contributed by atoms with Crippen LogP contribution >= 0.6 is 11.6 Å². The smallest absolute Gasteiger partial charge is 0.327 e. The summed E-state index contributed by atoms with van der Waals surface area (Å²) in [5.74, 6) is 0.544. The summed E-state index contributed by atoms with van der Waals surface area (Å²) in [6.07, 6.45) is 2.34. The van der Waals surface area contributed by atoms with Crippen LogP contribution < -0.4 is 10.4 Å². The number of methoxy groups -OCH3 is 1. The quantitative estimate of drug-likeness (QED) is 0.587. The molecule has 2 saturated heterocycles. The van der Waals surface area contributed by atoms with Crippen molar-refractivity contribution in [2.24, 2.45) is 0 Å². The third-order valence-electron chi connectivity index (χ3n) is 7.41. The lowest BCUT2D eigenvalue weighted by molar-refractivity contribution is -0.135. The molecule has 1 atom stereocenters. The Kier molecular flexibility index (Phi) is 6.86. The zero-order valence-corrected chi connectivity index (χ0v) is 21.0. The number of imidazole rings is 1. The molecular formula is C26H32ClN5O3. The lowest BCUT2D eigenvalue weighted by atomic mass is 10.0. The van der Waals surface area contributed by atoms with Crippen LogP contribution in [0.25, 0.3) is 11.0 Å². The molecule has 8 nitrogen and oxygen atoms in total. The number of H-pyrrole nitrogens is 1. The van der Waals surface area contributed by atoms with Gasteiger partial charge in [0.25, 0.3) is 5.91 Å². The fourth-order valence-electron chi connectivity index (χ4n) is 5.41. The van der Waals surface area contributed by atoms with E-state index in [1.165, 1.54) is 17.4 Å². The summed E-state index contributed by atoms with van der Waals surface area (Å²) in [4.78, 5) is 36.9. The molecule has 2 aromatic carbocycles. The fourth-order valence-corrected chi connectivity index (χ4v) is 5.57. The predicted molar refractivity (Wildman–Crippen MR) is 137 cm³/mol. The van der Waals surface area contributed by atoms with Crippen molar-refractivity contribution in [3.8, 4) is 5.75 Å². The Balaban J connectivity index is 1.45. The first-order valence-electron chi connectivity index (χ1n) is 12.2. The normalized spacial score (nSPS) is 19.2. The lowest BCUT2D eigenvalue weighted by Crippen LogP contribution is -2.55. The maximum absolute atomic E-state index is 14.1. The Morgan fingerprint density at radius 2 is 1.80 bits per heavy atom. The number of rotatable bonds is 5. The topological polar surface area (TPSA) is 73.8 Å². The van der Waals surface area contributed by atoms with Crippen LogP contribution in [0.3, 0.4) is 0 Å². The second-order valence-corrected chi connectivity index (χ2v) is 9.97. The summed E-state index contributed by atoms with van der Waals surface area (Å²) in [6.45, 7) is 5.22. The van der Waals surface area contributed by atoms with E-state index in [2.05, 4.69) is 21.8 Å². The van der Waals surface area contributed by atoms with Crippen molar-refractivity contribution in [1.29, 1.82) is 0 Å². The second kappa shape index (κ2) is 10.0. The number of carbonyl (C=O) groups is 1. The van der Waals surface area contributed by atoms with Gasteiger partial charge in [0, 0.05) is 37.2 Å². The van der Waals surface area contributed by atoms with Crippen LogP contribution in [0, 0.1) is 0 Å². The van der Waals surface area contributed by atoms with E-state index in [0.717, 1.165) is 26.2 Å². The van der Waals surface area contributed by atoms with Gasteiger partial charge in [-0.15, -0.1) is 0 Å². The highest BCUT2D eigenvalue weighted by molar-refractivity contribution is 6.31. The Morgan fingerprint density at radius 3 is 2.51 bits per heavy atom. The molecule has 9 heteroatoms. The molecule has 1 N–H and O–H groups in total. The Labute approximate surface area is 210 Å². The number of ether oxygens (including phenoxy) is 1. The molecular weight excluding hydrogens is 466 g/mol. The molecule has 186 valence electrons. The van der Waals surface area contributed by atoms with Gasteiger partial charge < -0.3 is 19.5 Å². The molecule has 0 radical (unpaired) electrons. The molecule has 1 amide bonds. The number of amides is 1. The molecule has 2 aliphatic rings. The molecule has 0 spiro atoms. The predicted octanol–water partition coefficient (Wildman–Crippen LogP) is 2.82. The van der Waals surface area contributed by atoms with Crippen LogP contribution in [0.15, 0.2) is 47.3 Å². The number of benzene rings is 2. The molecule has 2 aliphatic heterocycles. The average Bonchev–Trinajstić information content (AvgIpc) is 3.19. The van der Waals surface area contributed by atoms with Crippen LogP contribution in [-0.4, -0.2) is 89.6 Å². The number of likely N-dealkylation sites (tertiary alicyclic amines) is 1. The standard InChI is InChI=1S/C26H32ClN5O3/c1-29-10-8-20(9-11-29)30-12-14-31(15-13-30)25(33)24(18-4-3-5-21(16-18)35-2)32-23-17-19(27)6-7-22(23)28-26(32)34/h3-7,16-17,20,24H,8-15H2,1-2H3,(H,28,34). The molecule has 0 aliphatic carbocycles. The first-order valence-corrected chi connectivity index (χ1v) is 12.6. The molecule has 0 bridgehead atoms. The number of fused-ring (bicyclic) bond motifs is 1. The summed E-state index contributed by atoms with van der Waals surface area (Å²) in [6, 6.07) is 12.4. The maximum atomic E-state index is 14.1. The highest BCUT2D eigenvalue weighted by Gasteiger charge is 2.34. The molecule has 35 heavy (non-hydrogen) atoms. The van der Waals surface area contributed by atoms with Crippen LogP contribution in [0.4, 0.5) is 0 Å². The molecule has 5 rings (SSSR count). The number of halogens is 1. The molecule has 3 aromatic rings. The van der Waals surface area contributed by atoms with E-state index in [1.807, 2.05) is 29.2 Å². The molecule has 1 aromatic heterocycles. The Hall–Kier alpha value is -2.81. The maximum Gasteiger partial charge on any atom is 0.327 e. The van der Waals surface area contributed by atoms with E-state index >= 15 is 0 Å². The van der Waals surface area contributed by atoms with Crippen LogP contribution in [0.5, 0.6) is 5.75 Å². The number of aromatic nitrogens is 2. The summed E-state index contributed by atoms with van der Waals surface area (Å²) in [5.41, 5.74) is 1.62. The van der Waals surface area contributed by atoms with E-state index in [1.54, 1.807) is 25.3 Å². The summed E-state index contributed by atoms with van der Waals surface area (Å²) >= 11 is 6.27. The first kappa shape index (κ1) is 23.9. The van der Waals surface area contributed by atoms with Gasteiger partial charge in [-0.1, -0.05) is 23.7 Å². The molecule has 1 unspecified atom stereocenters. The minimum absolute atomic E-state index is 0.0933. The second-order valence-electron chi connectivity index (χ2n) is 9.54. The summed E-state index contributed by atoms with van der Waals surface area (Å²) in [5, 5.41) is 0.508. The van der Waals surface area contributed by atoms with Gasteiger partial charge in [-0.05, 0) is 68.9 Å². The SMILES string of the molecule is COc1cccc(C(C(=O)N2CCN(C3CCN(C)CC3)CC2)n2c(=O)[nH]c3ccc(Cl)cc32)c1. The minimum atomic E-state index is -0.820. The summed E-state index contributed by atoms with van der Waals surface area (Å²) in [7, 11) is 3.77. The molecule has 2 fully saturated rings. The monoisotopic (exact) mass is 497 g/mol. The summed E-state index contributed by atoms with van der Waals surface area (Å²) < 4.78 is 6.95. The van der Waals surface area contributed by atoms with Crippen molar-refractivity contribution in [3.63, 3.8) is 0 Å². The van der Waals surface area contributed by atoms with Gasteiger partial charge in [0.2, 0.25) is 0 Å². The van der Waals surface area contributed by atoms with Crippen LogP contribution in [-0.2, 0) is 4.79 Å². The van der Waals surface area contributed by atoms with E-state index in [-0.39, 0.29) is 11.6 Å². The number of hydrogen-bond acceptors (Lipinski definition) is 5. The van der Waals surface area contributed by atoms with Crippen molar-refractivity contribution in [1.82, 2.24) is 24.3 Å². The minimum Gasteiger partial charge on any atom is -0.497 e. The Morgan fingerprint density at radius 1 is 1.06 bits per heavy atom. The number of nitrogens with zero attached hydrogens (tertiary/aromatic N) is 4. The number of nitrogens with one attached hydrogen (secondary N) is 1. The van der Waals surface area contributed by atoms with Gasteiger partial charge in [0.1, 0.15) is 11.8 Å². The van der Waals surface area contributed by atoms with Crippen molar-refractivity contribution < 1.29 is 9.53 Å². The molecule has 0 saturated carbocycles. The van der Waals surface area contributed by atoms with Gasteiger partial charge in [0.15, 0.2) is 0 Å². The van der Waals surface area contributed by atoms with Crippen molar-refractivity contribution in [3.05, 3.63) is 63.5 Å². The number of piperazine rings is 1. The van der Waals surface area contributed by atoms with Crippen molar-refractivity contribution in [2.75, 3.05) is 53.4 Å². The largest absolute Gasteiger partial charge is 0.497 e. The number of aromatic amines is 1. The fraction of sp³-hybridized carbons (Fsp3) is 0.462. The van der Waals surface area contributed by atoms with E-state index in [9.17, 15) is 9.59 Å². The highest BCUT2D eigenvalue weighted by Crippen LogP contribution is 2.29. The van der Waals surface area contributed by atoms with Gasteiger partial charge in [-0.25, -0.2) is 4.79 Å². The van der Waals surface area contributed by atoms with Gasteiger partial charge in [0.05, 0.1) is 18.1 Å². The van der Waals surface area contributed by atoms with Crippen LogP contribution in [0.2, 0.25) is 5.02 Å². The van der Waals surface area contributed by atoms with Gasteiger partial charge in [-0.2, -0.15) is 0 Å². The van der Waals surface area contributed by atoms with Gasteiger partial charge >= 0.3 is 5.69 Å². The van der Waals surface area contributed by atoms with Crippen LogP contribution in [0.1, 0.15) is 24.4 Å². The van der Waals surface area contributed by atoms with E-state index in [0.29, 0.717) is 46.5 Å². The molecule has 3 heterocycles. The zero-order valence-electron chi connectivity index (χ0n) is 20.2. The number of carbonyl (C=O) groups excluding carboxylic acids is 1. The van der Waals surface area contributed by atoms with E-state index in [4.69, 9.17) is 16.3 Å². The average molecular weight is 498 g/mol. The third kappa shape index (κ3) is 4.83. The Bertz CT molecular complexity index is 1260. The number of piperidine rings is 1. The van der Waals surface area contributed by atoms with Crippen molar-refractivity contribution in [2.45, 2.75) is 24.9 Å². The van der Waals surface area contributed by atoms with Gasteiger partial charge in [-0.3, -0.25) is 14.3 Å². The zero-order chi connectivity index (χ0) is 24.5. The number of hydrogen-bond donors (Lipinski definition) is 1. The third-order valence-corrected chi connectivity index (χ3v) is 7.65. The first-order chi connectivity index (χ1) is 16.9.